The molecule has 0 amide bonds. The molecule has 4 unspecified atom stereocenters. The highest BCUT2D eigenvalue weighted by molar-refractivity contribution is 5.70. The topological polar surface area (TPSA) is 78.9 Å². The van der Waals surface area contributed by atoms with Crippen LogP contribution in [-0.2, 0) is 28.6 Å². The van der Waals surface area contributed by atoms with Crippen LogP contribution in [0.3, 0.4) is 0 Å². The first-order valence-electron chi connectivity index (χ1n) is 27.9. The van der Waals surface area contributed by atoms with Crippen LogP contribution < -0.4 is 0 Å². The van der Waals surface area contributed by atoms with Crippen molar-refractivity contribution in [3.8, 4) is 0 Å². The van der Waals surface area contributed by atoms with Gasteiger partial charge in [0, 0.05) is 29.1 Å². The fourth-order valence-electron chi connectivity index (χ4n) is 12.3. The number of esters is 2. The van der Waals surface area contributed by atoms with E-state index in [2.05, 4.69) is 41.5 Å². The average Bonchev–Trinajstić information content (AvgIpc) is 3.25. The largest absolute Gasteiger partial charge is 0.467 e. The normalized spacial score (nSPS) is 22.1. The zero-order valence-electron chi connectivity index (χ0n) is 43.0. The molecule has 0 saturated heterocycles. The van der Waals surface area contributed by atoms with E-state index in [0.29, 0.717) is 56.9 Å². The minimum Gasteiger partial charge on any atom is -0.467 e. The average molecular weight is 887 g/mol. The summed E-state index contributed by atoms with van der Waals surface area (Å²) in [6, 6.07) is 0. The van der Waals surface area contributed by atoms with Crippen molar-refractivity contribution in [2.45, 2.75) is 292 Å². The lowest BCUT2D eigenvalue weighted by Gasteiger charge is -2.57. The summed E-state index contributed by atoms with van der Waals surface area (Å²) in [5.74, 6) is 1.13. The molecule has 0 heterocycles. The molecule has 370 valence electrons. The van der Waals surface area contributed by atoms with Gasteiger partial charge in [-0.05, 0) is 75.5 Å². The lowest BCUT2D eigenvalue weighted by molar-refractivity contribution is -0.167. The van der Waals surface area contributed by atoms with Crippen molar-refractivity contribution in [2.75, 3.05) is 19.8 Å². The number of carbonyl (C=O) groups excluding carboxylic acids is 3. The summed E-state index contributed by atoms with van der Waals surface area (Å²) in [7, 11) is 0. The molecule has 2 aliphatic rings. The van der Waals surface area contributed by atoms with Gasteiger partial charge < -0.3 is 14.2 Å². The number of rotatable bonds is 43. The second-order valence-electron chi connectivity index (χ2n) is 22.5. The lowest BCUT2D eigenvalue weighted by Crippen LogP contribution is -2.52. The lowest BCUT2D eigenvalue weighted by atomic mass is 9.49. The molecular weight excluding hydrogens is 781 g/mol. The van der Waals surface area contributed by atoms with Gasteiger partial charge in [-0.2, -0.15) is 0 Å². The van der Waals surface area contributed by atoms with E-state index in [1.807, 2.05) is 0 Å². The van der Waals surface area contributed by atoms with Crippen LogP contribution >= 0.6 is 0 Å². The summed E-state index contributed by atoms with van der Waals surface area (Å²) in [5.41, 5.74) is -0.562. The van der Waals surface area contributed by atoms with Crippen molar-refractivity contribution in [2.24, 2.45) is 34.0 Å². The van der Waals surface area contributed by atoms with E-state index in [0.717, 1.165) is 57.8 Å². The molecule has 0 radical (unpaired) electrons. The van der Waals surface area contributed by atoms with Gasteiger partial charge in [-0.3, -0.25) is 14.4 Å². The van der Waals surface area contributed by atoms with Crippen LogP contribution in [-0.4, -0.2) is 38.2 Å². The van der Waals surface area contributed by atoms with Crippen LogP contribution in [0.25, 0.3) is 0 Å². The molecule has 6 heteroatoms. The summed E-state index contributed by atoms with van der Waals surface area (Å²) in [6.07, 6.45) is 46.5. The maximum atomic E-state index is 13.8. The number of fused-ring (bicyclic) bond motifs is 2. The first kappa shape index (κ1) is 57.5. The molecule has 0 aromatic carbocycles. The van der Waals surface area contributed by atoms with Gasteiger partial charge in [0.2, 0.25) is 0 Å². The zero-order chi connectivity index (χ0) is 45.9. The van der Waals surface area contributed by atoms with Crippen LogP contribution in [0.5, 0.6) is 0 Å². The number of carbonyl (C=O) groups is 3. The molecule has 2 aliphatic carbocycles. The Morgan fingerprint density at radius 2 is 0.778 bits per heavy atom. The van der Waals surface area contributed by atoms with Crippen LogP contribution in [0, 0.1) is 34.0 Å². The van der Waals surface area contributed by atoms with E-state index in [9.17, 15) is 14.4 Å². The number of hydrogen-bond acceptors (Lipinski definition) is 6. The summed E-state index contributed by atoms with van der Waals surface area (Å²) < 4.78 is 18.1. The Kier molecular flexibility index (Phi) is 32.5. The van der Waals surface area contributed by atoms with E-state index in [1.54, 1.807) is 0 Å². The first-order chi connectivity index (χ1) is 30.5. The van der Waals surface area contributed by atoms with Gasteiger partial charge >= 0.3 is 11.9 Å². The second-order valence-corrected chi connectivity index (χ2v) is 22.5. The predicted octanol–water partition coefficient (Wildman–Crippen LogP) is 17.4. The second kappa shape index (κ2) is 35.6. The molecule has 2 fully saturated rings. The smallest absolute Gasteiger partial charge is 0.306 e. The molecule has 2 bridgehead atoms. The highest BCUT2D eigenvalue weighted by Crippen LogP contribution is 2.60. The SMILES string of the molecule is CCCCCCCCCC(CCCCCCCCC)CC(=O)OCC1(C)CC2CC(C)(COC=O)CC(COC(=O)CC(CCCCCCCCC)CCCCCCCCC)(C2)C1. The van der Waals surface area contributed by atoms with Gasteiger partial charge in [0.15, 0.2) is 0 Å². The molecule has 63 heavy (non-hydrogen) atoms. The van der Waals surface area contributed by atoms with Crippen molar-refractivity contribution in [1.82, 2.24) is 0 Å². The van der Waals surface area contributed by atoms with E-state index < -0.39 is 0 Å². The van der Waals surface area contributed by atoms with Gasteiger partial charge in [-0.1, -0.05) is 221 Å². The predicted molar refractivity (Wildman–Crippen MR) is 266 cm³/mol. The number of hydrogen-bond donors (Lipinski definition) is 0. The molecule has 2 saturated carbocycles. The molecule has 6 nitrogen and oxygen atoms in total. The monoisotopic (exact) mass is 887 g/mol. The first-order valence-corrected chi connectivity index (χ1v) is 27.9. The van der Waals surface area contributed by atoms with Crippen molar-refractivity contribution in [3.63, 3.8) is 0 Å². The maximum absolute atomic E-state index is 13.8. The van der Waals surface area contributed by atoms with E-state index in [-0.39, 0.29) is 28.2 Å². The van der Waals surface area contributed by atoms with E-state index in [1.165, 1.54) is 180 Å². The standard InChI is InChI=1S/C57H106O6/c1-7-11-15-19-23-27-31-35-50(36-32-28-24-20-16-12-8-2)39-53(59)62-47-56(6)42-52-41-55(5,46-61-49-58)44-57(43-52,45-56)48-63-54(60)40-51(37-33-29-25-21-17-13-9-3)38-34-30-26-22-18-14-10-4/h49-52H,7-48H2,1-6H3. The van der Waals surface area contributed by atoms with Crippen molar-refractivity contribution < 1.29 is 28.6 Å². The summed E-state index contributed by atoms with van der Waals surface area (Å²) in [4.78, 5) is 38.9. The zero-order valence-corrected chi connectivity index (χ0v) is 43.0. The van der Waals surface area contributed by atoms with Gasteiger partial charge in [0.1, 0.15) is 0 Å². The van der Waals surface area contributed by atoms with Gasteiger partial charge in [0.05, 0.1) is 19.8 Å². The summed E-state index contributed by atoms with van der Waals surface area (Å²) in [5, 5.41) is 0. The highest BCUT2D eigenvalue weighted by Gasteiger charge is 2.55. The molecule has 2 rings (SSSR count). The van der Waals surface area contributed by atoms with Crippen LogP contribution in [0.4, 0.5) is 0 Å². The molecule has 0 aliphatic heterocycles. The van der Waals surface area contributed by atoms with E-state index >= 15 is 0 Å². The third kappa shape index (κ3) is 27.6. The van der Waals surface area contributed by atoms with Crippen molar-refractivity contribution >= 4 is 18.4 Å². The Bertz CT molecular complexity index is 1100. The van der Waals surface area contributed by atoms with Crippen molar-refractivity contribution in [3.05, 3.63) is 0 Å². The van der Waals surface area contributed by atoms with Crippen molar-refractivity contribution in [1.29, 1.82) is 0 Å². The number of unbranched alkanes of at least 4 members (excludes halogenated alkanes) is 24. The molecule has 0 N–H and O–H groups in total. The minimum absolute atomic E-state index is 0.0273. The van der Waals surface area contributed by atoms with Crippen LogP contribution in [0.15, 0.2) is 0 Å². The Labute approximate surface area is 391 Å². The Hall–Kier alpha value is -1.59. The number of ether oxygens (including phenoxy) is 3. The Balaban J connectivity index is 2.06. The fourth-order valence-corrected chi connectivity index (χ4v) is 12.3. The van der Waals surface area contributed by atoms with Gasteiger partial charge in [-0.15, -0.1) is 0 Å². The molecule has 0 aromatic rings. The van der Waals surface area contributed by atoms with Gasteiger partial charge in [0.25, 0.3) is 6.47 Å². The highest BCUT2D eigenvalue weighted by atomic mass is 16.5. The molecule has 4 atom stereocenters. The van der Waals surface area contributed by atoms with Crippen LogP contribution in [0.2, 0.25) is 0 Å². The third-order valence-electron chi connectivity index (χ3n) is 15.3. The van der Waals surface area contributed by atoms with Gasteiger partial charge in [-0.25, -0.2) is 0 Å². The van der Waals surface area contributed by atoms with Crippen LogP contribution in [0.1, 0.15) is 292 Å². The molecular formula is C57H106O6. The molecule has 0 spiro atoms. The summed E-state index contributed by atoms with van der Waals surface area (Å²) in [6.45, 7) is 15.5. The maximum Gasteiger partial charge on any atom is 0.306 e. The Morgan fingerprint density at radius 3 is 1.13 bits per heavy atom. The fraction of sp³-hybridized carbons (Fsp3) is 0.947. The quantitative estimate of drug-likeness (QED) is 0.0263. The Morgan fingerprint density at radius 1 is 0.460 bits per heavy atom. The molecule has 0 aromatic heterocycles. The van der Waals surface area contributed by atoms with E-state index in [4.69, 9.17) is 14.2 Å². The minimum atomic E-state index is -0.220. The summed E-state index contributed by atoms with van der Waals surface area (Å²) >= 11 is 0. The third-order valence-corrected chi connectivity index (χ3v) is 15.3.